The lowest BCUT2D eigenvalue weighted by Gasteiger charge is -2.18. The van der Waals surface area contributed by atoms with Gasteiger partial charge in [-0.2, -0.15) is 0 Å². The number of anilines is 1. The molecule has 0 saturated carbocycles. The first-order valence-corrected chi connectivity index (χ1v) is 6.66. The second-order valence-corrected chi connectivity index (χ2v) is 5.53. The molecule has 0 fully saturated rings. The summed E-state index contributed by atoms with van der Waals surface area (Å²) >= 11 is 0. The van der Waals surface area contributed by atoms with Gasteiger partial charge in [-0.1, -0.05) is 17.3 Å². The van der Waals surface area contributed by atoms with Gasteiger partial charge < -0.3 is 19.3 Å². The Kier molecular flexibility index (Phi) is 3.29. The first-order chi connectivity index (χ1) is 10.0. The number of nitrogens with one attached hydrogen (secondary N) is 1. The highest BCUT2D eigenvalue weighted by Gasteiger charge is 2.32. The van der Waals surface area contributed by atoms with E-state index in [1.54, 1.807) is 6.07 Å². The Balaban J connectivity index is 1.64. The molecule has 0 spiro atoms. The lowest BCUT2D eigenvalue weighted by atomic mass is 10.0. The molecule has 0 radical (unpaired) electrons. The number of rotatable bonds is 4. The van der Waals surface area contributed by atoms with Crippen LogP contribution in [0.15, 0.2) is 35.2 Å². The van der Waals surface area contributed by atoms with Gasteiger partial charge in [-0.05, 0) is 19.9 Å². The zero-order chi connectivity index (χ0) is 14.9. The van der Waals surface area contributed by atoms with Crippen LogP contribution < -0.4 is 14.8 Å². The van der Waals surface area contributed by atoms with Crippen molar-refractivity contribution in [1.29, 1.82) is 0 Å². The zero-order valence-corrected chi connectivity index (χ0v) is 11.9. The fraction of sp³-hybridized carbons (Fsp3) is 0.333. The van der Waals surface area contributed by atoms with E-state index in [4.69, 9.17) is 9.47 Å². The molecule has 1 aromatic heterocycles. The predicted octanol–water partition coefficient (Wildman–Crippen LogP) is 2.41. The van der Waals surface area contributed by atoms with Crippen LogP contribution in [-0.2, 0) is 11.2 Å². The Bertz CT molecular complexity index is 650. The third-order valence-electron chi connectivity index (χ3n) is 3.13. The number of benzene rings is 1. The van der Waals surface area contributed by atoms with Gasteiger partial charge in [-0.25, -0.2) is 0 Å². The standard InChI is InChI=1S/C15H16N2O4/c1-15(2)6-10-4-3-5-12(14(10)21-15)19-9-13(18)17-11-7-16-20-8-11/h3-5,7-8H,6,9H2,1-2H3,(H,17,18). The van der Waals surface area contributed by atoms with Crippen LogP contribution in [-0.4, -0.2) is 23.3 Å². The normalized spacial score (nSPS) is 15.1. The Labute approximate surface area is 122 Å². The lowest BCUT2D eigenvalue weighted by molar-refractivity contribution is -0.118. The average molecular weight is 288 g/mol. The molecular formula is C15H16N2O4. The number of fused-ring (bicyclic) bond motifs is 1. The largest absolute Gasteiger partial charge is 0.483 e. The highest BCUT2D eigenvalue weighted by molar-refractivity contribution is 5.91. The maximum atomic E-state index is 11.8. The first kappa shape index (κ1) is 13.5. The summed E-state index contributed by atoms with van der Waals surface area (Å²) in [6.45, 7) is 3.94. The van der Waals surface area contributed by atoms with Crippen LogP contribution in [0.25, 0.3) is 0 Å². The number of carbonyl (C=O) groups excluding carboxylic acids is 1. The number of aromatic nitrogens is 1. The molecule has 2 heterocycles. The van der Waals surface area contributed by atoms with Crippen molar-refractivity contribution in [3.8, 4) is 11.5 Å². The van der Waals surface area contributed by atoms with E-state index < -0.39 is 0 Å². The van der Waals surface area contributed by atoms with Gasteiger partial charge in [0, 0.05) is 12.0 Å². The van der Waals surface area contributed by atoms with Crippen molar-refractivity contribution in [2.75, 3.05) is 11.9 Å². The molecule has 6 nitrogen and oxygen atoms in total. The van der Waals surface area contributed by atoms with Crippen molar-refractivity contribution in [2.45, 2.75) is 25.9 Å². The third-order valence-corrected chi connectivity index (χ3v) is 3.13. The monoisotopic (exact) mass is 288 g/mol. The van der Waals surface area contributed by atoms with Crippen molar-refractivity contribution in [1.82, 2.24) is 5.16 Å². The maximum absolute atomic E-state index is 11.8. The van der Waals surface area contributed by atoms with Crippen LogP contribution in [0.1, 0.15) is 19.4 Å². The Morgan fingerprint density at radius 2 is 2.33 bits per heavy atom. The molecule has 2 aromatic rings. The molecule has 1 amide bonds. The molecule has 1 aliphatic heterocycles. The fourth-order valence-corrected chi connectivity index (χ4v) is 2.31. The number of carbonyl (C=O) groups is 1. The SMILES string of the molecule is CC1(C)Cc2cccc(OCC(=O)Nc3cnoc3)c2O1. The van der Waals surface area contributed by atoms with Crippen molar-refractivity contribution < 1.29 is 18.8 Å². The molecular weight excluding hydrogens is 272 g/mol. The summed E-state index contributed by atoms with van der Waals surface area (Å²) in [5, 5.41) is 6.12. The average Bonchev–Trinajstić information content (AvgIpc) is 3.01. The van der Waals surface area contributed by atoms with E-state index in [0.717, 1.165) is 17.7 Å². The van der Waals surface area contributed by atoms with Gasteiger partial charge in [0.1, 0.15) is 17.6 Å². The topological polar surface area (TPSA) is 73.6 Å². The number of ether oxygens (including phenoxy) is 2. The van der Waals surface area contributed by atoms with Crippen LogP contribution >= 0.6 is 0 Å². The molecule has 1 aliphatic rings. The summed E-state index contributed by atoms with van der Waals surface area (Å²) in [7, 11) is 0. The lowest BCUT2D eigenvalue weighted by Crippen LogP contribution is -2.25. The van der Waals surface area contributed by atoms with Crippen molar-refractivity contribution >= 4 is 11.6 Å². The quantitative estimate of drug-likeness (QED) is 0.935. The molecule has 1 N–H and O–H groups in total. The molecule has 21 heavy (non-hydrogen) atoms. The van der Waals surface area contributed by atoms with E-state index in [9.17, 15) is 4.79 Å². The molecule has 110 valence electrons. The number of para-hydroxylation sites is 1. The summed E-state index contributed by atoms with van der Waals surface area (Å²) in [6.07, 6.45) is 3.60. The van der Waals surface area contributed by atoms with E-state index in [1.807, 2.05) is 26.0 Å². The molecule has 1 aromatic carbocycles. The highest BCUT2D eigenvalue weighted by Crippen LogP contribution is 2.41. The first-order valence-electron chi connectivity index (χ1n) is 6.66. The van der Waals surface area contributed by atoms with Gasteiger partial charge in [0.25, 0.3) is 5.91 Å². The van der Waals surface area contributed by atoms with Crippen LogP contribution in [0.4, 0.5) is 5.69 Å². The summed E-state index contributed by atoms with van der Waals surface area (Å²) in [5.41, 5.74) is 1.35. The number of hydrogen-bond acceptors (Lipinski definition) is 5. The van der Waals surface area contributed by atoms with Gasteiger partial charge in [-0.3, -0.25) is 4.79 Å². The van der Waals surface area contributed by atoms with Gasteiger partial charge in [0.05, 0.1) is 6.20 Å². The molecule has 6 heteroatoms. The summed E-state index contributed by atoms with van der Waals surface area (Å²) < 4.78 is 16.1. The molecule has 0 atom stereocenters. The van der Waals surface area contributed by atoms with Crippen molar-refractivity contribution in [2.24, 2.45) is 0 Å². The number of amides is 1. The van der Waals surface area contributed by atoms with Gasteiger partial charge >= 0.3 is 0 Å². The predicted molar refractivity (Wildman–Crippen MR) is 75.5 cm³/mol. The smallest absolute Gasteiger partial charge is 0.262 e. The molecule has 0 bridgehead atoms. The van der Waals surface area contributed by atoms with Gasteiger partial charge in [0.2, 0.25) is 0 Å². The third kappa shape index (κ3) is 2.99. The maximum Gasteiger partial charge on any atom is 0.262 e. The van der Waals surface area contributed by atoms with Crippen molar-refractivity contribution in [3.63, 3.8) is 0 Å². The van der Waals surface area contributed by atoms with Crippen LogP contribution in [0.2, 0.25) is 0 Å². The van der Waals surface area contributed by atoms with E-state index in [-0.39, 0.29) is 18.1 Å². The summed E-state index contributed by atoms with van der Waals surface area (Å²) in [4.78, 5) is 11.8. The van der Waals surface area contributed by atoms with Crippen LogP contribution in [0.5, 0.6) is 11.5 Å². The fourth-order valence-electron chi connectivity index (χ4n) is 2.31. The second kappa shape index (κ2) is 5.12. The van der Waals surface area contributed by atoms with Crippen molar-refractivity contribution in [3.05, 3.63) is 36.2 Å². The molecule has 0 unspecified atom stereocenters. The highest BCUT2D eigenvalue weighted by atomic mass is 16.5. The zero-order valence-electron chi connectivity index (χ0n) is 11.9. The Morgan fingerprint density at radius 1 is 1.48 bits per heavy atom. The summed E-state index contributed by atoms with van der Waals surface area (Å²) in [6, 6.07) is 5.71. The van der Waals surface area contributed by atoms with Gasteiger partial charge in [-0.15, -0.1) is 0 Å². The van der Waals surface area contributed by atoms with Crippen LogP contribution in [0, 0.1) is 0 Å². The minimum absolute atomic E-state index is 0.106. The second-order valence-electron chi connectivity index (χ2n) is 5.53. The van der Waals surface area contributed by atoms with E-state index in [0.29, 0.717) is 11.4 Å². The molecule has 0 saturated heterocycles. The van der Waals surface area contributed by atoms with E-state index >= 15 is 0 Å². The Morgan fingerprint density at radius 3 is 3.10 bits per heavy atom. The minimum Gasteiger partial charge on any atom is -0.483 e. The number of hydrogen-bond donors (Lipinski definition) is 1. The van der Waals surface area contributed by atoms with Gasteiger partial charge in [0.15, 0.2) is 18.1 Å². The number of nitrogens with zero attached hydrogens (tertiary/aromatic N) is 1. The molecule has 0 aliphatic carbocycles. The Hall–Kier alpha value is -2.50. The molecule has 3 rings (SSSR count). The van der Waals surface area contributed by atoms with E-state index in [2.05, 4.69) is 15.0 Å². The van der Waals surface area contributed by atoms with E-state index in [1.165, 1.54) is 12.5 Å². The van der Waals surface area contributed by atoms with Crippen LogP contribution in [0.3, 0.4) is 0 Å². The minimum atomic E-state index is -0.284. The summed E-state index contributed by atoms with van der Waals surface area (Å²) in [5.74, 6) is 1.02.